The first-order chi connectivity index (χ1) is 25.2. The van der Waals surface area contributed by atoms with E-state index >= 15 is 0 Å². The minimum Gasteiger partial charge on any atom is -0.496 e. The van der Waals surface area contributed by atoms with Crippen molar-refractivity contribution in [2.75, 3.05) is 13.7 Å². The lowest BCUT2D eigenvalue weighted by Crippen LogP contribution is -2.17. The van der Waals surface area contributed by atoms with Crippen LogP contribution < -0.4 is 9.47 Å². The van der Waals surface area contributed by atoms with E-state index in [1.165, 1.54) is 46.6 Å². The van der Waals surface area contributed by atoms with Gasteiger partial charge in [0, 0.05) is 69.6 Å². The number of hydrogen-bond donors (Lipinski definition) is 0. The van der Waals surface area contributed by atoms with Crippen molar-refractivity contribution >= 4 is 0 Å². The summed E-state index contributed by atoms with van der Waals surface area (Å²) in [6, 6.07) is 29.1. The molecule has 0 amide bonds. The monoisotopic (exact) mass is 662 g/mol. The Bertz CT molecular complexity index is 2270. The van der Waals surface area contributed by atoms with Gasteiger partial charge in [0.15, 0.2) is 0 Å². The molecular formula is C49H42O2. The van der Waals surface area contributed by atoms with Crippen molar-refractivity contribution in [2.45, 2.75) is 92.3 Å². The van der Waals surface area contributed by atoms with E-state index in [4.69, 9.17) is 9.47 Å². The standard InChI is InChI=1S/C49H42O2/c1-3-4-5-10-15-51-49-46-42-22-40(36-18-32-28-16-30(34(32)20-38(36)42)26-13-8-6-11-24(26)28)44(46)48(50-2)45-41-23-43(47(45)49)39-21-35-31-17-29(33(35)19-37(39)41)25-12-7-9-14-27(25)31/h3,6-9,11-14,18-21,28-31,40-43H,1,4-5,10,15-17,22-23H2,2H3/t28-,29+,30+,31-,40-,41+,42+,43-. The molecule has 0 heterocycles. The maximum Gasteiger partial charge on any atom is 0.127 e. The Kier molecular flexibility index (Phi) is 5.31. The van der Waals surface area contributed by atoms with Gasteiger partial charge >= 0.3 is 0 Å². The number of fused-ring (bicyclic) bond motifs is 32. The van der Waals surface area contributed by atoms with Crippen LogP contribution in [0.15, 0.2) is 85.5 Å². The van der Waals surface area contributed by atoms with Crippen LogP contribution in [-0.2, 0) is 0 Å². The summed E-state index contributed by atoms with van der Waals surface area (Å²) in [6.07, 6.45) is 10.1. The fraction of sp³-hybridized carbons (Fsp3) is 0.347. The van der Waals surface area contributed by atoms with Gasteiger partial charge in [-0.2, -0.15) is 0 Å². The Morgan fingerprint density at radius 1 is 0.490 bits per heavy atom. The van der Waals surface area contributed by atoms with E-state index in [0.29, 0.717) is 47.3 Å². The van der Waals surface area contributed by atoms with E-state index in [9.17, 15) is 0 Å². The molecule has 0 saturated carbocycles. The van der Waals surface area contributed by atoms with Crippen LogP contribution in [0.4, 0.5) is 0 Å². The minimum absolute atomic E-state index is 0.382. The second-order valence-corrected chi connectivity index (χ2v) is 17.0. The summed E-state index contributed by atoms with van der Waals surface area (Å²) in [5, 5.41) is 0. The maximum atomic E-state index is 7.16. The van der Waals surface area contributed by atoms with Gasteiger partial charge < -0.3 is 9.47 Å². The summed E-state index contributed by atoms with van der Waals surface area (Å²) in [5.74, 6) is 6.16. The van der Waals surface area contributed by atoms with E-state index in [2.05, 4.69) is 79.4 Å². The van der Waals surface area contributed by atoms with Crippen LogP contribution in [0.3, 0.4) is 0 Å². The molecule has 0 aliphatic heterocycles. The number of methoxy groups -OCH3 is 1. The molecule has 0 N–H and O–H groups in total. The van der Waals surface area contributed by atoms with E-state index in [0.717, 1.165) is 38.7 Å². The predicted octanol–water partition coefficient (Wildman–Crippen LogP) is 11.4. The van der Waals surface area contributed by atoms with Gasteiger partial charge in [0.2, 0.25) is 0 Å². The third-order valence-electron chi connectivity index (χ3n) is 15.2. The molecule has 8 atom stereocenters. The fourth-order valence-electron chi connectivity index (χ4n) is 13.4. The van der Waals surface area contributed by atoms with Crippen molar-refractivity contribution in [3.8, 4) is 11.5 Å². The highest BCUT2D eigenvalue weighted by Crippen LogP contribution is 2.71. The molecular weight excluding hydrogens is 621 g/mol. The zero-order valence-corrected chi connectivity index (χ0v) is 29.3. The van der Waals surface area contributed by atoms with Crippen LogP contribution in [-0.4, -0.2) is 13.7 Å². The minimum atomic E-state index is 0.382. The second kappa shape index (κ2) is 9.65. The smallest absolute Gasteiger partial charge is 0.127 e. The molecule has 8 aliphatic carbocycles. The summed E-state index contributed by atoms with van der Waals surface area (Å²) in [7, 11) is 1.95. The lowest BCUT2D eigenvalue weighted by atomic mass is 9.74. The van der Waals surface area contributed by atoms with Gasteiger partial charge in [-0.25, -0.2) is 0 Å². The highest BCUT2D eigenvalue weighted by Gasteiger charge is 2.55. The summed E-state index contributed by atoms with van der Waals surface area (Å²) in [4.78, 5) is 0. The van der Waals surface area contributed by atoms with Gasteiger partial charge in [0.05, 0.1) is 13.7 Å². The van der Waals surface area contributed by atoms with Crippen molar-refractivity contribution < 1.29 is 9.47 Å². The fourth-order valence-corrected chi connectivity index (χ4v) is 13.4. The number of unbranched alkanes of at least 4 members (excludes halogenated alkanes) is 2. The van der Waals surface area contributed by atoms with E-state index in [1.807, 2.05) is 13.2 Å². The molecule has 8 bridgehead atoms. The lowest BCUT2D eigenvalue weighted by molar-refractivity contribution is 0.299. The van der Waals surface area contributed by atoms with Crippen LogP contribution in [0.2, 0.25) is 0 Å². The maximum absolute atomic E-state index is 7.16. The first-order valence-corrected chi connectivity index (χ1v) is 19.8. The van der Waals surface area contributed by atoms with Crippen LogP contribution in [0.25, 0.3) is 0 Å². The van der Waals surface area contributed by atoms with Gasteiger partial charge in [-0.1, -0.05) is 78.9 Å². The summed E-state index contributed by atoms with van der Waals surface area (Å²) < 4.78 is 13.8. The molecule has 5 aromatic rings. The molecule has 13 rings (SSSR count). The van der Waals surface area contributed by atoms with Gasteiger partial charge in [-0.15, -0.1) is 6.58 Å². The van der Waals surface area contributed by atoms with E-state index in [-0.39, 0.29) is 0 Å². The van der Waals surface area contributed by atoms with Gasteiger partial charge in [0.25, 0.3) is 0 Å². The first-order valence-electron chi connectivity index (χ1n) is 19.8. The third kappa shape index (κ3) is 3.25. The Labute approximate surface area is 300 Å². The Morgan fingerprint density at radius 2 is 0.843 bits per heavy atom. The van der Waals surface area contributed by atoms with Crippen molar-refractivity contribution in [3.05, 3.63) is 174 Å². The predicted molar refractivity (Wildman–Crippen MR) is 202 cm³/mol. The van der Waals surface area contributed by atoms with E-state index < -0.39 is 0 Å². The molecule has 0 fully saturated rings. The Hall–Kier alpha value is -4.56. The molecule has 0 aromatic heterocycles. The zero-order chi connectivity index (χ0) is 33.3. The zero-order valence-electron chi connectivity index (χ0n) is 29.3. The molecule has 0 spiro atoms. The number of hydrogen-bond acceptors (Lipinski definition) is 2. The quantitative estimate of drug-likeness (QED) is 0.128. The number of rotatable bonds is 7. The van der Waals surface area contributed by atoms with Crippen LogP contribution >= 0.6 is 0 Å². The van der Waals surface area contributed by atoms with Crippen molar-refractivity contribution in [1.82, 2.24) is 0 Å². The Balaban J connectivity index is 0.972. The molecule has 2 nitrogen and oxygen atoms in total. The molecule has 0 radical (unpaired) electrons. The Morgan fingerprint density at radius 3 is 1.22 bits per heavy atom. The molecule has 250 valence electrons. The highest BCUT2D eigenvalue weighted by molar-refractivity contribution is 5.78. The second-order valence-electron chi connectivity index (χ2n) is 17.0. The molecule has 51 heavy (non-hydrogen) atoms. The van der Waals surface area contributed by atoms with E-state index in [1.54, 1.807) is 66.8 Å². The van der Waals surface area contributed by atoms with Crippen molar-refractivity contribution in [2.24, 2.45) is 0 Å². The van der Waals surface area contributed by atoms with Gasteiger partial charge in [0.1, 0.15) is 11.5 Å². The number of benzene rings is 5. The van der Waals surface area contributed by atoms with Crippen molar-refractivity contribution in [3.63, 3.8) is 0 Å². The van der Waals surface area contributed by atoms with Crippen LogP contribution in [0.1, 0.15) is 181 Å². The largest absolute Gasteiger partial charge is 0.496 e. The summed E-state index contributed by atoms with van der Waals surface area (Å²) in [5.41, 5.74) is 24.8. The normalized spacial score (nSPS) is 28.6. The van der Waals surface area contributed by atoms with Gasteiger partial charge in [-0.05, 0) is 112 Å². The van der Waals surface area contributed by atoms with Gasteiger partial charge in [-0.3, -0.25) is 0 Å². The average Bonchev–Trinajstić information content (AvgIpc) is 4.04. The number of allylic oxidation sites excluding steroid dienone is 1. The SMILES string of the molecule is C=CCCCCOc1c2c(c(OC)c3c1[C@H]1C[C@@H]3c3cc4c(cc31)[C@H]1C[C@@H]4c3ccccc31)[C@H]1C[C@@H]2c2cc3c(cc21)[C@H]1C[C@@H]3c2ccccc21. The summed E-state index contributed by atoms with van der Waals surface area (Å²) in [6.45, 7) is 4.74. The topological polar surface area (TPSA) is 18.5 Å². The lowest BCUT2D eigenvalue weighted by Gasteiger charge is -2.33. The molecule has 8 aliphatic rings. The van der Waals surface area contributed by atoms with Crippen LogP contribution in [0.5, 0.6) is 11.5 Å². The highest BCUT2D eigenvalue weighted by atomic mass is 16.5. The van der Waals surface area contributed by atoms with Crippen molar-refractivity contribution in [1.29, 1.82) is 0 Å². The number of ether oxygens (including phenoxy) is 2. The molecule has 0 unspecified atom stereocenters. The third-order valence-corrected chi connectivity index (χ3v) is 15.2. The molecule has 0 saturated heterocycles. The van der Waals surface area contributed by atoms with Crippen LogP contribution in [0, 0.1) is 0 Å². The summed E-state index contributed by atoms with van der Waals surface area (Å²) >= 11 is 0. The molecule has 2 heteroatoms. The average molecular weight is 663 g/mol. The first kappa shape index (κ1) is 28.1. The molecule has 5 aromatic carbocycles.